The van der Waals surface area contributed by atoms with Gasteiger partial charge in [-0.05, 0) is 18.6 Å². The predicted molar refractivity (Wildman–Crippen MR) is 72.3 cm³/mol. The Hall–Kier alpha value is -0.990. The van der Waals surface area contributed by atoms with Crippen molar-refractivity contribution < 1.29 is 4.42 Å². The van der Waals surface area contributed by atoms with E-state index in [1.54, 1.807) is 0 Å². The molecule has 0 aliphatic rings. The third-order valence-electron chi connectivity index (χ3n) is 3.00. The highest BCUT2D eigenvalue weighted by Gasteiger charge is 2.12. The number of hydrogen-bond donors (Lipinski definition) is 1. The summed E-state index contributed by atoms with van der Waals surface area (Å²) in [4.78, 5) is 0. The van der Waals surface area contributed by atoms with Crippen LogP contribution in [0.25, 0.3) is 11.0 Å². The molecule has 2 N–H and O–H groups in total. The average molecular weight is 252 g/mol. The first-order chi connectivity index (χ1) is 8.22. The summed E-state index contributed by atoms with van der Waals surface area (Å²) in [5.74, 6) is 0.837. The first-order valence-electron chi connectivity index (χ1n) is 6.16. The Labute approximate surface area is 107 Å². The van der Waals surface area contributed by atoms with Crippen LogP contribution in [0.15, 0.2) is 28.7 Å². The van der Waals surface area contributed by atoms with Crippen LogP contribution in [-0.2, 0) is 0 Å². The number of furan rings is 1. The first-order valence-corrected chi connectivity index (χ1v) is 6.53. The summed E-state index contributed by atoms with van der Waals surface area (Å²) in [5, 5.41) is 1.67. The normalized spacial score (nSPS) is 13.1. The molecule has 1 aromatic carbocycles. The molecule has 2 aromatic rings. The van der Waals surface area contributed by atoms with Gasteiger partial charge in [0.2, 0.25) is 0 Å². The third kappa shape index (κ3) is 2.82. The molecular weight excluding hydrogens is 234 g/mol. The second kappa shape index (κ2) is 5.56. The number of fused-ring (bicyclic) bond motifs is 1. The number of para-hydroxylation sites is 1. The second-order valence-electron chi connectivity index (χ2n) is 4.41. The predicted octanol–water partition coefficient (Wildman–Crippen LogP) is 4.67. The van der Waals surface area contributed by atoms with E-state index in [0.29, 0.717) is 5.02 Å². The van der Waals surface area contributed by atoms with Crippen LogP contribution >= 0.6 is 11.6 Å². The van der Waals surface area contributed by atoms with Crippen molar-refractivity contribution in [2.75, 3.05) is 0 Å². The zero-order chi connectivity index (χ0) is 12.3. The zero-order valence-corrected chi connectivity index (χ0v) is 10.8. The Morgan fingerprint density at radius 3 is 2.88 bits per heavy atom. The topological polar surface area (TPSA) is 39.2 Å². The first kappa shape index (κ1) is 12.5. The lowest BCUT2D eigenvalue weighted by Gasteiger charge is -2.07. The van der Waals surface area contributed by atoms with Crippen LogP contribution in [0.5, 0.6) is 0 Å². The van der Waals surface area contributed by atoms with Gasteiger partial charge in [0.25, 0.3) is 0 Å². The fourth-order valence-corrected chi connectivity index (χ4v) is 2.21. The van der Waals surface area contributed by atoms with Crippen LogP contribution in [0.3, 0.4) is 0 Å². The van der Waals surface area contributed by atoms with Gasteiger partial charge in [0.1, 0.15) is 5.76 Å². The lowest BCUT2D eigenvalue weighted by molar-refractivity contribution is 0.464. The third-order valence-corrected chi connectivity index (χ3v) is 3.30. The number of rotatable bonds is 5. The molecule has 0 aliphatic carbocycles. The Morgan fingerprint density at radius 1 is 1.35 bits per heavy atom. The molecule has 0 radical (unpaired) electrons. The van der Waals surface area contributed by atoms with Crippen LogP contribution < -0.4 is 5.73 Å². The average Bonchev–Trinajstić information content (AvgIpc) is 2.75. The number of unbranched alkanes of at least 4 members (excludes halogenated alkanes) is 2. The minimum atomic E-state index is -0.0231. The van der Waals surface area contributed by atoms with Crippen molar-refractivity contribution in [1.82, 2.24) is 0 Å². The lowest BCUT2D eigenvalue weighted by Crippen LogP contribution is -2.08. The quantitative estimate of drug-likeness (QED) is 0.785. The Balaban J connectivity index is 2.16. The number of benzene rings is 1. The van der Waals surface area contributed by atoms with Gasteiger partial charge < -0.3 is 10.2 Å². The van der Waals surface area contributed by atoms with Crippen molar-refractivity contribution in [3.63, 3.8) is 0 Å². The largest absolute Gasteiger partial charge is 0.458 e. The van der Waals surface area contributed by atoms with E-state index in [4.69, 9.17) is 21.8 Å². The van der Waals surface area contributed by atoms with Gasteiger partial charge in [-0.2, -0.15) is 0 Å². The molecule has 0 bridgehead atoms. The molecule has 1 atom stereocenters. The van der Waals surface area contributed by atoms with Crippen LogP contribution in [0.4, 0.5) is 0 Å². The summed E-state index contributed by atoms with van der Waals surface area (Å²) in [6.45, 7) is 2.19. The summed E-state index contributed by atoms with van der Waals surface area (Å²) in [6.07, 6.45) is 4.53. The van der Waals surface area contributed by atoms with Crippen molar-refractivity contribution in [3.05, 3.63) is 35.0 Å². The summed E-state index contributed by atoms with van der Waals surface area (Å²) < 4.78 is 5.73. The maximum atomic E-state index is 6.11. The molecule has 0 amide bonds. The Bertz CT molecular complexity index is 492. The molecule has 1 aromatic heterocycles. The van der Waals surface area contributed by atoms with E-state index in [1.807, 2.05) is 24.3 Å². The van der Waals surface area contributed by atoms with E-state index in [0.717, 1.165) is 29.6 Å². The number of halogens is 1. The lowest BCUT2D eigenvalue weighted by atomic mass is 10.1. The van der Waals surface area contributed by atoms with Crippen LogP contribution in [0.1, 0.15) is 44.4 Å². The molecule has 2 rings (SSSR count). The van der Waals surface area contributed by atoms with Crippen molar-refractivity contribution in [2.24, 2.45) is 5.73 Å². The summed E-state index contributed by atoms with van der Waals surface area (Å²) in [5.41, 5.74) is 6.86. The standard InChI is InChI=1S/C14H18ClNO/c1-2-3-4-8-12(16)13-9-10-6-5-7-11(15)14(10)17-13/h5-7,9,12H,2-4,8,16H2,1H3. The fraction of sp³-hybridized carbons (Fsp3) is 0.429. The van der Waals surface area contributed by atoms with Gasteiger partial charge in [0.05, 0.1) is 11.1 Å². The Morgan fingerprint density at radius 2 is 2.18 bits per heavy atom. The van der Waals surface area contributed by atoms with Crippen LogP contribution in [0, 0.1) is 0 Å². The van der Waals surface area contributed by atoms with Crippen molar-refractivity contribution in [3.8, 4) is 0 Å². The molecule has 0 aliphatic heterocycles. The highest BCUT2D eigenvalue weighted by atomic mass is 35.5. The molecule has 17 heavy (non-hydrogen) atoms. The molecule has 92 valence electrons. The molecule has 0 spiro atoms. The zero-order valence-electron chi connectivity index (χ0n) is 10.1. The monoisotopic (exact) mass is 251 g/mol. The van der Waals surface area contributed by atoms with Crippen LogP contribution in [-0.4, -0.2) is 0 Å². The molecule has 0 fully saturated rings. The van der Waals surface area contributed by atoms with Crippen LogP contribution in [0.2, 0.25) is 5.02 Å². The minimum absolute atomic E-state index is 0.0231. The molecular formula is C14H18ClNO. The van der Waals surface area contributed by atoms with Crippen molar-refractivity contribution >= 4 is 22.6 Å². The maximum Gasteiger partial charge on any atom is 0.152 e. The van der Waals surface area contributed by atoms with Crippen molar-refractivity contribution in [1.29, 1.82) is 0 Å². The Kier molecular flexibility index (Phi) is 4.08. The van der Waals surface area contributed by atoms with Gasteiger partial charge in [-0.15, -0.1) is 0 Å². The van der Waals surface area contributed by atoms with Gasteiger partial charge in [-0.25, -0.2) is 0 Å². The highest BCUT2D eigenvalue weighted by Crippen LogP contribution is 2.30. The van der Waals surface area contributed by atoms with Gasteiger partial charge in [-0.3, -0.25) is 0 Å². The minimum Gasteiger partial charge on any atom is -0.458 e. The summed E-state index contributed by atoms with van der Waals surface area (Å²) in [7, 11) is 0. The smallest absolute Gasteiger partial charge is 0.152 e. The van der Waals surface area contributed by atoms with E-state index in [-0.39, 0.29) is 6.04 Å². The maximum absolute atomic E-state index is 6.11. The van der Waals surface area contributed by atoms with Gasteiger partial charge in [-0.1, -0.05) is 49.9 Å². The van der Waals surface area contributed by atoms with E-state index in [1.165, 1.54) is 12.8 Å². The molecule has 0 saturated heterocycles. The molecule has 0 saturated carbocycles. The number of hydrogen-bond acceptors (Lipinski definition) is 2. The van der Waals surface area contributed by atoms with E-state index in [2.05, 4.69) is 6.92 Å². The SMILES string of the molecule is CCCCCC(N)c1cc2cccc(Cl)c2o1. The van der Waals surface area contributed by atoms with Crippen molar-refractivity contribution in [2.45, 2.75) is 38.6 Å². The molecule has 1 unspecified atom stereocenters. The van der Waals surface area contributed by atoms with E-state index >= 15 is 0 Å². The summed E-state index contributed by atoms with van der Waals surface area (Å²) >= 11 is 6.07. The van der Waals surface area contributed by atoms with Gasteiger partial charge in [0, 0.05) is 5.39 Å². The highest BCUT2D eigenvalue weighted by molar-refractivity contribution is 6.34. The van der Waals surface area contributed by atoms with E-state index < -0.39 is 0 Å². The molecule has 2 nitrogen and oxygen atoms in total. The molecule has 3 heteroatoms. The summed E-state index contributed by atoms with van der Waals surface area (Å²) in [6, 6.07) is 7.72. The number of nitrogens with two attached hydrogens (primary N) is 1. The van der Waals surface area contributed by atoms with E-state index in [9.17, 15) is 0 Å². The van der Waals surface area contributed by atoms with Gasteiger partial charge in [0.15, 0.2) is 5.58 Å². The van der Waals surface area contributed by atoms with Gasteiger partial charge >= 0.3 is 0 Å². The molecule has 1 heterocycles. The second-order valence-corrected chi connectivity index (χ2v) is 4.82. The fourth-order valence-electron chi connectivity index (χ4n) is 1.99.